The summed E-state index contributed by atoms with van der Waals surface area (Å²) in [6.07, 6.45) is -4.27. The molecule has 3 atom stereocenters. The molecule has 0 aliphatic rings. The number of ether oxygens (including phenoxy) is 4. The van der Waals surface area contributed by atoms with E-state index in [1.54, 1.807) is 0 Å². The molecule has 25 heavy (non-hydrogen) atoms. The van der Waals surface area contributed by atoms with Gasteiger partial charge >= 0.3 is 30.1 Å². The van der Waals surface area contributed by atoms with Crippen LogP contribution in [0.3, 0.4) is 0 Å². The molecule has 0 bridgehead atoms. The zero-order valence-corrected chi connectivity index (χ0v) is 14.1. The molecule has 3 unspecified atom stereocenters. The zero-order chi connectivity index (χ0) is 19.6. The molecule has 0 saturated carbocycles. The van der Waals surface area contributed by atoms with Crippen molar-refractivity contribution in [1.82, 2.24) is 0 Å². The predicted octanol–water partition coefficient (Wildman–Crippen LogP) is -0.776. The van der Waals surface area contributed by atoms with Crippen molar-refractivity contribution >= 4 is 35.9 Å². The van der Waals surface area contributed by atoms with E-state index in [1.165, 1.54) is 0 Å². The highest BCUT2D eigenvalue weighted by atomic mass is 16.6. The van der Waals surface area contributed by atoms with Crippen LogP contribution >= 0.6 is 0 Å². The third-order valence-electron chi connectivity index (χ3n) is 2.50. The van der Waals surface area contributed by atoms with Gasteiger partial charge in [-0.05, 0) is 0 Å². The van der Waals surface area contributed by atoms with Gasteiger partial charge < -0.3 is 18.9 Å². The van der Waals surface area contributed by atoms with Crippen molar-refractivity contribution in [3.8, 4) is 0 Å². The fourth-order valence-corrected chi connectivity index (χ4v) is 1.74. The molecule has 0 aromatic heterocycles. The lowest BCUT2D eigenvalue weighted by molar-refractivity contribution is -0.190. The number of ketones is 1. The van der Waals surface area contributed by atoms with Crippen molar-refractivity contribution < 1.29 is 47.7 Å². The topological polar surface area (TPSA) is 160 Å². The molecule has 0 aliphatic heterocycles. The normalized spacial score (nSPS) is 13.3. The number of hydrogen-bond donors (Lipinski definition) is 1. The minimum atomic E-state index is -1.75. The molecule has 0 rings (SSSR count). The number of carbonyl (C=O) groups is 5. The Morgan fingerprint density at radius 2 is 1.40 bits per heavy atom. The lowest BCUT2D eigenvalue weighted by Gasteiger charge is -2.29. The van der Waals surface area contributed by atoms with Gasteiger partial charge in [0.1, 0.15) is 6.61 Å². The van der Waals surface area contributed by atoms with Crippen LogP contribution in [0, 0.1) is 5.53 Å². The largest absolute Gasteiger partial charge is 0.462 e. The number of Topliss-reactive ketones (excluding diaryl/α,β-unsaturated/α-hetero) is 1. The van der Waals surface area contributed by atoms with E-state index in [1.807, 2.05) is 0 Å². The van der Waals surface area contributed by atoms with Crippen molar-refractivity contribution in [1.29, 1.82) is 5.53 Å². The molecule has 0 radical (unpaired) electrons. The van der Waals surface area contributed by atoms with Crippen molar-refractivity contribution in [2.75, 3.05) is 6.61 Å². The van der Waals surface area contributed by atoms with Crippen LogP contribution in [-0.2, 0) is 42.9 Å². The summed E-state index contributed by atoms with van der Waals surface area (Å²) < 4.78 is 19.4. The number of hydrogen-bond acceptors (Lipinski definition) is 10. The Bertz CT molecular complexity index is 595. The van der Waals surface area contributed by atoms with Crippen LogP contribution in [0.1, 0.15) is 27.7 Å². The maximum absolute atomic E-state index is 12.0. The van der Waals surface area contributed by atoms with Crippen molar-refractivity contribution in [2.24, 2.45) is 0 Å². The van der Waals surface area contributed by atoms with Crippen LogP contribution in [0.25, 0.3) is 0 Å². The Kier molecular flexibility index (Phi) is 9.35. The maximum atomic E-state index is 12.0. The van der Waals surface area contributed by atoms with E-state index in [9.17, 15) is 24.0 Å². The highest BCUT2D eigenvalue weighted by molar-refractivity contribution is 6.27. The average molecular weight is 359 g/mol. The Morgan fingerprint density at radius 3 is 1.80 bits per heavy atom. The van der Waals surface area contributed by atoms with Crippen LogP contribution in [0.15, 0.2) is 0 Å². The molecule has 11 nitrogen and oxygen atoms in total. The van der Waals surface area contributed by atoms with Gasteiger partial charge in [0.05, 0.1) is 10.3 Å². The monoisotopic (exact) mass is 359 g/mol. The van der Waals surface area contributed by atoms with Crippen LogP contribution < -0.4 is 0 Å². The fraction of sp³-hybridized carbons (Fsp3) is 0.571. The van der Waals surface area contributed by atoms with Crippen molar-refractivity contribution in [3.63, 3.8) is 0 Å². The van der Waals surface area contributed by atoms with Gasteiger partial charge in [-0.3, -0.25) is 24.0 Å². The number of rotatable bonds is 9. The Morgan fingerprint density at radius 1 is 0.880 bits per heavy atom. The molecule has 0 aromatic carbocycles. The van der Waals surface area contributed by atoms with E-state index in [0.29, 0.717) is 6.21 Å². The summed E-state index contributed by atoms with van der Waals surface area (Å²) in [5.41, 5.74) is 6.69. The van der Waals surface area contributed by atoms with Gasteiger partial charge in [0, 0.05) is 27.7 Å². The summed E-state index contributed by atoms with van der Waals surface area (Å²) in [5.74, 6) is -4.31. The molecule has 11 heteroatoms. The number of esters is 4. The lowest BCUT2D eigenvalue weighted by Crippen LogP contribution is -2.51. The van der Waals surface area contributed by atoms with E-state index in [4.69, 9.17) is 24.5 Å². The Hall–Kier alpha value is -3.07. The smallest absolute Gasteiger partial charge is 0.376 e. The predicted molar refractivity (Wildman–Crippen MR) is 77.3 cm³/mol. The first-order valence-corrected chi connectivity index (χ1v) is 6.97. The Balaban J connectivity index is 5.85. The van der Waals surface area contributed by atoms with Gasteiger partial charge in [0.2, 0.25) is 6.10 Å². The van der Waals surface area contributed by atoms with Crippen LogP contribution in [0.4, 0.5) is 0 Å². The summed E-state index contributed by atoms with van der Waals surface area (Å²) >= 11 is 0. The second-order valence-corrected chi connectivity index (χ2v) is 4.72. The second kappa shape index (κ2) is 10.7. The standard InChI is InChI=1S/C14H19N2O9/c1-7(17)22-6-12(23-8(2)18)14(25-10(4)20)13(24-9(3)19)11(21)5-16-15/h5,12-15H,6H2,1-4H3/q+1. The zero-order valence-electron chi connectivity index (χ0n) is 14.1. The van der Waals surface area contributed by atoms with E-state index >= 15 is 0 Å². The molecule has 0 aliphatic carbocycles. The Labute approximate surface area is 142 Å². The molecule has 0 amide bonds. The SMILES string of the molecule is CC(=O)OCC(OC(C)=O)C(OC(C)=O)C(OC(C)=O)C(=O)C=[N+]=N. The highest BCUT2D eigenvalue weighted by Gasteiger charge is 2.43. The third kappa shape index (κ3) is 8.96. The summed E-state index contributed by atoms with van der Waals surface area (Å²) in [5, 5.41) is 0. The molecular weight excluding hydrogens is 340 g/mol. The van der Waals surface area contributed by atoms with E-state index in [2.05, 4.69) is 4.79 Å². The lowest BCUT2D eigenvalue weighted by atomic mass is 10.0. The molecule has 0 spiro atoms. The molecule has 0 saturated heterocycles. The van der Waals surface area contributed by atoms with Crippen LogP contribution in [0.5, 0.6) is 0 Å². The molecule has 0 aromatic rings. The molecule has 0 fully saturated rings. The third-order valence-corrected chi connectivity index (χ3v) is 2.50. The average Bonchev–Trinajstić information content (AvgIpc) is 2.46. The molecule has 138 valence electrons. The number of carbonyl (C=O) groups excluding carboxylic acids is 5. The van der Waals surface area contributed by atoms with Crippen LogP contribution in [0.2, 0.25) is 0 Å². The van der Waals surface area contributed by atoms with Gasteiger partial charge in [0.15, 0.2) is 12.2 Å². The van der Waals surface area contributed by atoms with Gasteiger partial charge in [0.25, 0.3) is 5.78 Å². The van der Waals surface area contributed by atoms with Crippen molar-refractivity contribution in [3.05, 3.63) is 0 Å². The first kappa shape index (κ1) is 21.9. The van der Waals surface area contributed by atoms with Gasteiger partial charge in [-0.15, -0.1) is 0 Å². The summed E-state index contributed by atoms with van der Waals surface area (Å²) in [6, 6.07) is 0. The van der Waals surface area contributed by atoms with E-state index < -0.39 is 54.6 Å². The fourth-order valence-electron chi connectivity index (χ4n) is 1.74. The molecular formula is C14H19N2O9+. The van der Waals surface area contributed by atoms with Crippen LogP contribution in [-0.4, -0.2) is 65.6 Å². The molecule has 0 heterocycles. The number of nitrogens with zero attached hydrogens (tertiary/aromatic N) is 1. The maximum Gasteiger partial charge on any atom is 0.376 e. The van der Waals surface area contributed by atoms with Crippen molar-refractivity contribution in [2.45, 2.75) is 46.0 Å². The minimum Gasteiger partial charge on any atom is -0.462 e. The van der Waals surface area contributed by atoms with Gasteiger partial charge in [-0.25, -0.2) is 0 Å². The van der Waals surface area contributed by atoms with E-state index in [0.717, 1.165) is 27.7 Å². The van der Waals surface area contributed by atoms with Gasteiger partial charge in [-0.1, -0.05) is 0 Å². The summed E-state index contributed by atoms with van der Waals surface area (Å²) in [6.45, 7) is 3.58. The summed E-state index contributed by atoms with van der Waals surface area (Å²) in [4.78, 5) is 59.7. The summed E-state index contributed by atoms with van der Waals surface area (Å²) in [7, 11) is 0. The highest BCUT2D eigenvalue weighted by Crippen LogP contribution is 2.15. The first-order chi connectivity index (χ1) is 11.6. The molecule has 1 N–H and O–H groups in total. The number of nitrogens with one attached hydrogen (secondary N) is 1. The first-order valence-electron chi connectivity index (χ1n) is 6.97. The van der Waals surface area contributed by atoms with Gasteiger partial charge in [-0.2, -0.15) is 0 Å². The quantitative estimate of drug-likeness (QED) is 0.183. The second-order valence-electron chi connectivity index (χ2n) is 4.72. The minimum absolute atomic E-state index is 0.529. The van der Waals surface area contributed by atoms with E-state index in [-0.39, 0.29) is 0 Å².